The second-order valence-electron chi connectivity index (χ2n) is 7.68. The Kier molecular flexibility index (Phi) is 4.89. The van der Waals surface area contributed by atoms with Crippen LogP contribution in [0.4, 0.5) is 11.4 Å². The number of nitro benzene ring substituents is 2. The molecule has 3 aromatic carbocycles. The van der Waals surface area contributed by atoms with Gasteiger partial charge in [-0.05, 0) is 35.9 Å². The summed E-state index contributed by atoms with van der Waals surface area (Å²) in [5.41, 5.74) is 2.79. The van der Waals surface area contributed by atoms with Crippen LogP contribution in [0.25, 0.3) is 0 Å². The highest BCUT2D eigenvalue weighted by atomic mass is 16.6. The molecule has 0 bridgehead atoms. The van der Waals surface area contributed by atoms with Crippen LogP contribution in [0.2, 0.25) is 0 Å². The Morgan fingerprint density at radius 1 is 1.00 bits per heavy atom. The highest BCUT2D eigenvalue weighted by Crippen LogP contribution is 2.48. The monoisotopic (exact) mass is 446 g/mol. The zero-order chi connectivity index (χ0) is 23.1. The first kappa shape index (κ1) is 20.4. The summed E-state index contributed by atoms with van der Waals surface area (Å²) >= 11 is 0. The Balaban J connectivity index is 1.60. The molecule has 10 heteroatoms. The minimum atomic E-state index is -0.723. The smallest absolute Gasteiger partial charge is 0.270 e. The third kappa shape index (κ3) is 3.61. The molecule has 0 aromatic heterocycles. The molecule has 2 aliphatic heterocycles. The van der Waals surface area contributed by atoms with E-state index >= 15 is 0 Å². The van der Waals surface area contributed by atoms with Crippen LogP contribution in [0.1, 0.15) is 35.4 Å². The van der Waals surface area contributed by atoms with E-state index in [0.717, 1.165) is 11.3 Å². The molecule has 2 unspecified atom stereocenters. The van der Waals surface area contributed by atoms with Crippen molar-refractivity contribution in [3.8, 4) is 11.5 Å². The molecular weight excluding hydrogens is 428 g/mol. The minimum absolute atomic E-state index is 0.0380. The average molecular weight is 446 g/mol. The largest absolute Gasteiger partial charge is 0.497 e. The summed E-state index contributed by atoms with van der Waals surface area (Å²) in [6.07, 6.45) is -0.227. The molecule has 0 fully saturated rings. The maximum absolute atomic E-state index is 11.4. The number of benzene rings is 3. The van der Waals surface area contributed by atoms with Gasteiger partial charge in [-0.15, -0.1) is 0 Å². The van der Waals surface area contributed by atoms with E-state index in [1.807, 2.05) is 24.3 Å². The fourth-order valence-corrected chi connectivity index (χ4v) is 4.16. The molecular formula is C23H18N4O6. The van der Waals surface area contributed by atoms with Gasteiger partial charge in [0.15, 0.2) is 0 Å². The van der Waals surface area contributed by atoms with Gasteiger partial charge in [-0.1, -0.05) is 12.1 Å². The molecule has 0 radical (unpaired) electrons. The lowest BCUT2D eigenvalue weighted by atomic mass is 9.95. The van der Waals surface area contributed by atoms with Crippen molar-refractivity contribution in [1.29, 1.82) is 0 Å². The van der Waals surface area contributed by atoms with Gasteiger partial charge >= 0.3 is 0 Å². The minimum Gasteiger partial charge on any atom is -0.497 e. The third-order valence-corrected chi connectivity index (χ3v) is 5.77. The average Bonchev–Trinajstić information content (AvgIpc) is 3.29. The molecule has 5 rings (SSSR count). The van der Waals surface area contributed by atoms with Gasteiger partial charge in [0.25, 0.3) is 11.4 Å². The first-order valence-electron chi connectivity index (χ1n) is 10.1. The summed E-state index contributed by atoms with van der Waals surface area (Å²) in [7, 11) is 1.59. The first-order chi connectivity index (χ1) is 15.9. The van der Waals surface area contributed by atoms with Gasteiger partial charge in [0.1, 0.15) is 11.5 Å². The molecule has 33 heavy (non-hydrogen) atoms. The number of rotatable bonds is 5. The zero-order valence-corrected chi connectivity index (χ0v) is 17.5. The van der Waals surface area contributed by atoms with Crippen molar-refractivity contribution in [3.63, 3.8) is 0 Å². The molecule has 0 aliphatic carbocycles. The molecule has 0 saturated heterocycles. The van der Waals surface area contributed by atoms with Crippen LogP contribution in [0.5, 0.6) is 11.5 Å². The predicted octanol–water partition coefficient (Wildman–Crippen LogP) is 4.75. The Morgan fingerprint density at radius 2 is 1.73 bits per heavy atom. The first-order valence-corrected chi connectivity index (χ1v) is 10.1. The van der Waals surface area contributed by atoms with E-state index in [0.29, 0.717) is 29.0 Å². The number of hydrazone groups is 1. The van der Waals surface area contributed by atoms with E-state index in [2.05, 4.69) is 0 Å². The molecule has 166 valence electrons. The zero-order valence-electron chi connectivity index (χ0n) is 17.5. The standard InChI is InChI=1S/C23H18N4O6/c1-32-18-8-5-14(6-9-18)20-13-21-19-12-17(27(30)31)7-10-22(19)33-23(25(21)24-20)15-3-2-4-16(11-15)26(28)29/h2-12,21,23H,13H2,1H3. The fourth-order valence-electron chi connectivity index (χ4n) is 4.16. The lowest BCUT2D eigenvalue weighted by molar-refractivity contribution is -0.385. The number of methoxy groups -OCH3 is 1. The van der Waals surface area contributed by atoms with E-state index in [1.165, 1.54) is 24.3 Å². The van der Waals surface area contributed by atoms with Crippen LogP contribution >= 0.6 is 0 Å². The lowest BCUT2D eigenvalue weighted by Gasteiger charge is -2.38. The molecule has 0 saturated carbocycles. The number of nitro groups is 2. The normalized spacial score (nSPS) is 18.6. The van der Waals surface area contributed by atoms with Crippen LogP contribution in [-0.4, -0.2) is 27.7 Å². The Morgan fingerprint density at radius 3 is 2.42 bits per heavy atom. The van der Waals surface area contributed by atoms with Crippen LogP contribution in [0, 0.1) is 20.2 Å². The second-order valence-corrected chi connectivity index (χ2v) is 7.68. The summed E-state index contributed by atoms with van der Waals surface area (Å²) in [6.45, 7) is 0. The number of hydrogen-bond acceptors (Lipinski definition) is 8. The molecule has 2 aliphatic rings. The Hall–Kier alpha value is -4.47. The van der Waals surface area contributed by atoms with Gasteiger partial charge in [-0.25, -0.2) is 5.01 Å². The van der Waals surface area contributed by atoms with E-state index in [9.17, 15) is 20.2 Å². The van der Waals surface area contributed by atoms with Crippen molar-refractivity contribution in [2.45, 2.75) is 18.7 Å². The summed E-state index contributed by atoms with van der Waals surface area (Å²) in [5, 5.41) is 29.2. The lowest BCUT2D eigenvalue weighted by Crippen LogP contribution is -2.33. The number of hydrogen-bond donors (Lipinski definition) is 0. The third-order valence-electron chi connectivity index (χ3n) is 5.77. The molecule has 10 nitrogen and oxygen atoms in total. The second kappa shape index (κ2) is 7.90. The molecule has 0 spiro atoms. The van der Waals surface area contributed by atoms with E-state index < -0.39 is 16.1 Å². The Bertz CT molecular complexity index is 1290. The summed E-state index contributed by atoms with van der Waals surface area (Å²) in [5.74, 6) is 1.21. The molecule has 0 N–H and O–H groups in total. The quantitative estimate of drug-likeness (QED) is 0.409. The fraction of sp³-hybridized carbons (Fsp3) is 0.174. The number of nitrogens with zero attached hydrogens (tertiary/aromatic N) is 4. The summed E-state index contributed by atoms with van der Waals surface area (Å²) in [4.78, 5) is 21.8. The van der Waals surface area contributed by atoms with E-state index in [4.69, 9.17) is 14.6 Å². The van der Waals surface area contributed by atoms with Crippen LogP contribution < -0.4 is 9.47 Å². The highest BCUT2D eigenvalue weighted by Gasteiger charge is 2.42. The topological polar surface area (TPSA) is 120 Å². The van der Waals surface area contributed by atoms with Gasteiger partial charge in [-0.3, -0.25) is 20.2 Å². The number of ether oxygens (including phenoxy) is 2. The maximum atomic E-state index is 11.4. The van der Waals surface area contributed by atoms with Crippen molar-refractivity contribution in [2.24, 2.45) is 5.10 Å². The molecule has 3 aromatic rings. The van der Waals surface area contributed by atoms with Crippen LogP contribution in [0.3, 0.4) is 0 Å². The van der Waals surface area contributed by atoms with Crippen molar-refractivity contribution in [3.05, 3.63) is 104 Å². The molecule has 0 amide bonds. The summed E-state index contributed by atoms with van der Waals surface area (Å²) < 4.78 is 11.4. The van der Waals surface area contributed by atoms with E-state index in [1.54, 1.807) is 30.3 Å². The van der Waals surface area contributed by atoms with E-state index in [-0.39, 0.29) is 17.4 Å². The molecule has 2 atom stereocenters. The predicted molar refractivity (Wildman–Crippen MR) is 118 cm³/mol. The Labute approximate surface area is 188 Å². The van der Waals surface area contributed by atoms with Gasteiger partial charge < -0.3 is 9.47 Å². The summed E-state index contributed by atoms with van der Waals surface area (Å²) in [6, 6.07) is 17.8. The van der Waals surface area contributed by atoms with Crippen LogP contribution in [0.15, 0.2) is 71.8 Å². The van der Waals surface area contributed by atoms with Crippen LogP contribution in [-0.2, 0) is 0 Å². The number of non-ortho nitro benzene ring substituents is 2. The van der Waals surface area contributed by atoms with Crippen molar-refractivity contribution in [2.75, 3.05) is 7.11 Å². The van der Waals surface area contributed by atoms with Crippen molar-refractivity contribution in [1.82, 2.24) is 5.01 Å². The molecule has 2 heterocycles. The maximum Gasteiger partial charge on any atom is 0.270 e. The SMILES string of the molecule is COc1ccc(C2=NN3C(C2)c2cc([N+](=O)[O-])ccc2OC3c2cccc([N+](=O)[O-])c2)cc1. The van der Waals surface area contributed by atoms with Gasteiger partial charge in [0.05, 0.1) is 28.7 Å². The van der Waals surface area contributed by atoms with Gasteiger partial charge in [-0.2, -0.15) is 5.10 Å². The number of fused-ring (bicyclic) bond motifs is 3. The van der Waals surface area contributed by atoms with Crippen molar-refractivity contribution >= 4 is 17.1 Å². The van der Waals surface area contributed by atoms with Crippen molar-refractivity contribution < 1.29 is 19.3 Å². The van der Waals surface area contributed by atoms with Gasteiger partial charge in [0.2, 0.25) is 6.23 Å². The van der Waals surface area contributed by atoms with Gasteiger partial charge in [0, 0.05) is 41.8 Å². The highest BCUT2D eigenvalue weighted by molar-refractivity contribution is 6.02.